The summed E-state index contributed by atoms with van der Waals surface area (Å²) in [5.74, 6) is -0.152. The number of rotatable bonds is 7. The lowest BCUT2D eigenvalue weighted by molar-refractivity contribution is 0.103. The van der Waals surface area contributed by atoms with Crippen LogP contribution in [0.4, 0.5) is 21.7 Å². The lowest BCUT2D eigenvalue weighted by Gasteiger charge is -2.17. The number of halogens is 1. The van der Waals surface area contributed by atoms with Crippen LogP contribution in [0.1, 0.15) is 59.6 Å². The Bertz CT molecular complexity index is 1400. The molecule has 0 aromatic carbocycles. The summed E-state index contributed by atoms with van der Waals surface area (Å²) in [5, 5.41) is 16.9. The fourth-order valence-electron chi connectivity index (χ4n) is 4.60. The molecule has 6 rings (SSSR count). The predicted octanol–water partition coefficient (Wildman–Crippen LogP) is 4.06. The van der Waals surface area contributed by atoms with Gasteiger partial charge < -0.3 is 20.7 Å². The van der Waals surface area contributed by atoms with Crippen molar-refractivity contribution in [1.29, 1.82) is 0 Å². The smallest absolute Gasteiger partial charge is 0.226 e. The van der Waals surface area contributed by atoms with E-state index in [9.17, 15) is 14.3 Å². The fourth-order valence-corrected chi connectivity index (χ4v) is 4.60. The van der Waals surface area contributed by atoms with Gasteiger partial charge in [0.15, 0.2) is 5.78 Å². The molecule has 2 fully saturated rings. The number of nitrogens with one attached hydrogen (secondary N) is 3. The molecule has 0 bridgehead atoms. The molecule has 2 unspecified atom stereocenters. The molecule has 2 aliphatic rings. The first-order valence-electron chi connectivity index (χ1n) is 11.8. The van der Waals surface area contributed by atoms with Gasteiger partial charge in [-0.05, 0) is 56.4 Å². The van der Waals surface area contributed by atoms with E-state index in [4.69, 9.17) is 0 Å². The third-order valence-corrected chi connectivity index (χ3v) is 6.66. The van der Waals surface area contributed by atoms with E-state index in [-0.39, 0.29) is 23.0 Å². The Hall–Kier alpha value is -3.92. The third kappa shape index (κ3) is 4.21. The molecule has 9 nitrogen and oxygen atoms in total. The summed E-state index contributed by atoms with van der Waals surface area (Å²) in [4.78, 5) is 33.1. The summed E-state index contributed by atoms with van der Waals surface area (Å²) in [6.45, 7) is 0. The molecule has 4 aromatic heterocycles. The number of hydrogen-bond donors (Lipinski definition) is 4. The number of aliphatic hydroxyl groups excluding tert-OH is 1. The van der Waals surface area contributed by atoms with Crippen LogP contribution < -0.4 is 10.6 Å². The van der Waals surface area contributed by atoms with Crippen molar-refractivity contribution in [3.63, 3.8) is 0 Å². The maximum atomic E-state index is 15.0. The number of carbonyl (C=O) groups excluding carboxylic acids is 1. The predicted molar refractivity (Wildman–Crippen MR) is 128 cm³/mol. The van der Waals surface area contributed by atoms with E-state index in [0.29, 0.717) is 34.9 Å². The normalized spacial score (nSPS) is 19.7. The van der Waals surface area contributed by atoms with Crippen molar-refractivity contribution in [3.8, 4) is 0 Å². The summed E-state index contributed by atoms with van der Waals surface area (Å²) >= 11 is 0. The molecule has 0 saturated heterocycles. The van der Waals surface area contributed by atoms with E-state index >= 15 is 0 Å². The second kappa shape index (κ2) is 8.70. The Kier molecular flexibility index (Phi) is 5.37. The zero-order valence-electron chi connectivity index (χ0n) is 18.8. The SMILES string of the molecule is O=C(c1ccc(Nc2ccc(C3CC3)nc2)nc1F)c1c[nH]c2ncnc(NC3CCCC3O)c12. The molecule has 4 heterocycles. The number of aromatic amines is 1. The summed E-state index contributed by atoms with van der Waals surface area (Å²) in [6.07, 6.45) is 8.85. The van der Waals surface area contributed by atoms with Gasteiger partial charge in [-0.25, -0.2) is 15.0 Å². The van der Waals surface area contributed by atoms with Crippen molar-refractivity contribution in [3.05, 3.63) is 65.8 Å². The molecular weight excluding hydrogens is 449 g/mol. The number of nitrogens with zero attached hydrogens (tertiary/aromatic N) is 4. The molecule has 2 aliphatic carbocycles. The molecule has 10 heteroatoms. The average Bonchev–Trinajstić information content (AvgIpc) is 3.49. The fraction of sp³-hybridized carbons (Fsp3) is 0.320. The number of hydrogen-bond acceptors (Lipinski definition) is 8. The van der Waals surface area contributed by atoms with Crippen molar-refractivity contribution in [2.75, 3.05) is 10.6 Å². The first-order chi connectivity index (χ1) is 17.1. The van der Waals surface area contributed by atoms with Gasteiger partial charge >= 0.3 is 0 Å². The van der Waals surface area contributed by atoms with Crippen molar-refractivity contribution in [1.82, 2.24) is 24.9 Å². The van der Waals surface area contributed by atoms with Crippen LogP contribution >= 0.6 is 0 Å². The van der Waals surface area contributed by atoms with Crippen LogP contribution in [0.3, 0.4) is 0 Å². The van der Waals surface area contributed by atoms with Crippen LogP contribution in [0.15, 0.2) is 43.0 Å². The largest absolute Gasteiger partial charge is 0.391 e. The van der Waals surface area contributed by atoms with Gasteiger partial charge in [-0.2, -0.15) is 4.39 Å². The number of H-pyrrole nitrogens is 1. The van der Waals surface area contributed by atoms with Crippen molar-refractivity contribution >= 4 is 34.1 Å². The Morgan fingerprint density at radius 2 is 1.94 bits per heavy atom. The monoisotopic (exact) mass is 473 g/mol. The lowest BCUT2D eigenvalue weighted by atomic mass is 10.0. The highest BCUT2D eigenvalue weighted by atomic mass is 19.1. The molecule has 35 heavy (non-hydrogen) atoms. The number of aromatic nitrogens is 5. The number of ketones is 1. The zero-order chi connectivity index (χ0) is 23.9. The van der Waals surface area contributed by atoms with Gasteiger partial charge in [-0.1, -0.05) is 0 Å². The number of anilines is 3. The topological polar surface area (TPSA) is 129 Å². The van der Waals surface area contributed by atoms with Gasteiger partial charge in [0, 0.05) is 17.8 Å². The molecule has 0 radical (unpaired) electrons. The summed E-state index contributed by atoms with van der Waals surface area (Å²) in [6, 6.07) is 6.66. The Morgan fingerprint density at radius 1 is 1.06 bits per heavy atom. The van der Waals surface area contributed by atoms with Crippen LogP contribution in [-0.2, 0) is 0 Å². The Balaban J connectivity index is 1.25. The molecule has 0 amide bonds. The van der Waals surface area contributed by atoms with E-state index in [2.05, 4.69) is 35.6 Å². The molecular formula is C25H24FN7O2. The molecule has 178 valence electrons. The minimum atomic E-state index is -0.880. The molecule has 4 N–H and O–H groups in total. The quantitative estimate of drug-likeness (QED) is 0.234. The molecule has 0 spiro atoms. The van der Waals surface area contributed by atoms with E-state index < -0.39 is 17.8 Å². The van der Waals surface area contributed by atoms with Crippen molar-refractivity contribution < 1.29 is 14.3 Å². The van der Waals surface area contributed by atoms with Crippen molar-refractivity contribution in [2.45, 2.75) is 50.2 Å². The maximum absolute atomic E-state index is 15.0. The Morgan fingerprint density at radius 3 is 2.66 bits per heavy atom. The summed E-state index contributed by atoms with van der Waals surface area (Å²) in [7, 11) is 0. The number of carbonyl (C=O) groups is 1. The standard InChI is InChI=1S/C25H24FN7O2/c26-23-15(7-9-20(33-23)31-14-6-8-17(27-10-14)13-4-5-13)22(35)16-11-28-24-21(16)25(30-12-29-24)32-18-2-1-3-19(18)34/h6-13,18-19,34H,1-5H2,(H,31,33)(H2,28,29,30,32). The maximum Gasteiger partial charge on any atom is 0.226 e. The van der Waals surface area contributed by atoms with Crippen molar-refractivity contribution in [2.24, 2.45) is 0 Å². The third-order valence-electron chi connectivity index (χ3n) is 6.66. The zero-order valence-corrected chi connectivity index (χ0v) is 18.8. The van der Waals surface area contributed by atoms with E-state index in [1.54, 1.807) is 12.3 Å². The molecule has 2 atom stereocenters. The second-order valence-electron chi connectivity index (χ2n) is 9.13. The highest BCUT2D eigenvalue weighted by Crippen LogP contribution is 2.39. The van der Waals surface area contributed by atoms with Gasteiger partial charge in [-0.15, -0.1) is 0 Å². The van der Waals surface area contributed by atoms with Crippen LogP contribution in [0.5, 0.6) is 0 Å². The Labute approximate surface area is 200 Å². The highest BCUT2D eigenvalue weighted by Gasteiger charge is 2.28. The summed E-state index contributed by atoms with van der Waals surface area (Å²) in [5.41, 5.74) is 2.28. The first kappa shape index (κ1) is 21.6. The molecule has 0 aliphatic heterocycles. The number of pyridine rings is 2. The highest BCUT2D eigenvalue weighted by molar-refractivity contribution is 6.18. The first-order valence-corrected chi connectivity index (χ1v) is 11.8. The van der Waals surface area contributed by atoms with Crippen LogP contribution in [-0.4, -0.2) is 48.0 Å². The minimum absolute atomic E-state index is 0.158. The van der Waals surface area contributed by atoms with Crippen LogP contribution in [0, 0.1) is 5.95 Å². The lowest BCUT2D eigenvalue weighted by Crippen LogP contribution is -2.28. The van der Waals surface area contributed by atoms with Gasteiger partial charge in [0.25, 0.3) is 0 Å². The number of fused-ring (bicyclic) bond motifs is 1. The average molecular weight is 474 g/mol. The second-order valence-corrected chi connectivity index (χ2v) is 9.13. The van der Waals surface area contributed by atoms with Gasteiger partial charge in [0.2, 0.25) is 5.95 Å². The van der Waals surface area contributed by atoms with Crippen LogP contribution in [0.25, 0.3) is 11.0 Å². The minimum Gasteiger partial charge on any atom is -0.391 e. The number of aliphatic hydroxyl groups is 1. The van der Waals surface area contributed by atoms with Gasteiger partial charge in [0.1, 0.15) is 23.6 Å². The molecule has 2 saturated carbocycles. The summed E-state index contributed by atoms with van der Waals surface area (Å²) < 4.78 is 15.0. The van der Waals surface area contributed by atoms with Gasteiger partial charge in [0.05, 0.1) is 40.5 Å². The van der Waals surface area contributed by atoms with Crippen LogP contribution in [0.2, 0.25) is 0 Å². The van der Waals surface area contributed by atoms with E-state index in [1.165, 1.54) is 31.4 Å². The van der Waals surface area contributed by atoms with E-state index in [1.807, 2.05) is 12.1 Å². The van der Waals surface area contributed by atoms with Gasteiger partial charge in [-0.3, -0.25) is 9.78 Å². The van der Waals surface area contributed by atoms with E-state index in [0.717, 1.165) is 18.5 Å². The molecule has 4 aromatic rings.